The molecule has 2 rings (SSSR count). The average Bonchev–Trinajstić information content (AvgIpc) is 2.32. The minimum atomic E-state index is 0.888. The van der Waals surface area contributed by atoms with Crippen LogP contribution in [0.3, 0.4) is 0 Å². The first-order valence-corrected chi connectivity index (χ1v) is 5.56. The first-order valence-electron chi connectivity index (χ1n) is 5.56. The van der Waals surface area contributed by atoms with E-state index in [9.17, 15) is 0 Å². The highest BCUT2D eigenvalue weighted by Gasteiger charge is 1.96. The Morgan fingerprint density at radius 3 is 2.75 bits per heavy atom. The van der Waals surface area contributed by atoms with Gasteiger partial charge in [0.2, 0.25) is 0 Å². The predicted octanol–water partition coefficient (Wildman–Crippen LogP) is 3.70. The number of aryl methyl sites for hydroxylation is 2. The minimum absolute atomic E-state index is 0.888. The SMILES string of the molecule is CCc1cccc(Nc2ccc(C)cn2)c1. The standard InChI is InChI=1S/C14H16N2/c1-3-12-5-4-6-13(9-12)16-14-8-7-11(2)10-15-14/h4-10H,3H2,1-2H3,(H,15,16). The van der Waals surface area contributed by atoms with Crippen LogP contribution in [0.5, 0.6) is 0 Å². The molecule has 1 heterocycles. The van der Waals surface area contributed by atoms with Crippen LogP contribution in [0.15, 0.2) is 42.6 Å². The lowest BCUT2D eigenvalue weighted by molar-refractivity contribution is 1.14. The van der Waals surface area contributed by atoms with Gasteiger partial charge in [0, 0.05) is 11.9 Å². The summed E-state index contributed by atoms with van der Waals surface area (Å²) in [5.41, 5.74) is 3.60. The fraction of sp³-hybridized carbons (Fsp3) is 0.214. The molecule has 0 atom stereocenters. The number of benzene rings is 1. The molecule has 0 amide bonds. The molecule has 16 heavy (non-hydrogen) atoms. The van der Waals surface area contributed by atoms with Gasteiger partial charge in [0.25, 0.3) is 0 Å². The molecule has 1 aromatic carbocycles. The van der Waals surface area contributed by atoms with E-state index in [4.69, 9.17) is 0 Å². The molecule has 0 aliphatic heterocycles. The largest absolute Gasteiger partial charge is 0.340 e. The van der Waals surface area contributed by atoms with Crippen LogP contribution < -0.4 is 5.32 Å². The molecule has 2 aromatic rings. The van der Waals surface area contributed by atoms with Gasteiger partial charge in [-0.05, 0) is 42.7 Å². The van der Waals surface area contributed by atoms with Crippen molar-refractivity contribution >= 4 is 11.5 Å². The molecule has 2 heteroatoms. The maximum atomic E-state index is 4.32. The zero-order valence-electron chi connectivity index (χ0n) is 9.70. The zero-order valence-corrected chi connectivity index (χ0v) is 9.70. The Hall–Kier alpha value is -1.83. The van der Waals surface area contributed by atoms with Gasteiger partial charge in [-0.2, -0.15) is 0 Å². The molecule has 0 radical (unpaired) electrons. The summed E-state index contributed by atoms with van der Waals surface area (Å²) in [5.74, 6) is 0.888. The van der Waals surface area contributed by atoms with Crippen molar-refractivity contribution in [3.05, 3.63) is 53.7 Å². The van der Waals surface area contributed by atoms with Crippen LogP contribution in [0.2, 0.25) is 0 Å². The number of nitrogens with zero attached hydrogens (tertiary/aromatic N) is 1. The van der Waals surface area contributed by atoms with Crippen LogP contribution in [0.4, 0.5) is 11.5 Å². The molecule has 1 N–H and O–H groups in total. The molecule has 82 valence electrons. The topological polar surface area (TPSA) is 24.9 Å². The van der Waals surface area contributed by atoms with Crippen molar-refractivity contribution < 1.29 is 0 Å². The molecule has 0 saturated heterocycles. The van der Waals surface area contributed by atoms with Crippen molar-refractivity contribution in [3.8, 4) is 0 Å². The fourth-order valence-electron chi connectivity index (χ4n) is 1.56. The van der Waals surface area contributed by atoms with Crippen molar-refractivity contribution in [1.82, 2.24) is 4.98 Å². The molecule has 0 fully saturated rings. The second-order valence-electron chi connectivity index (χ2n) is 3.90. The summed E-state index contributed by atoms with van der Waals surface area (Å²) in [6, 6.07) is 12.5. The van der Waals surface area contributed by atoms with Gasteiger partial charge >= 0.3 is 0 Å². The van der Waals surface area contributed by atoms with Gasteiger partial charge in [-0.3, -0.25) is 0 Å². The fourth-order valence-corrected chi connectivity index (χ4v) is 1.56. The third kappa shape index (κ3) is 2.60. The summed E-state index contributed by atoms with van der Waals surface area (Å²) in [5, 5.41) is 3.29. The van der Waals surface area contributed by atoms with E-state index < -0.39 is 0 Å². The summed E-state index contributed by atoms with van der Waals surface area (Å²) in [7, 11) is 0. The lowest BCUT2D eigenvalue weighted by Gasteiger charge is -2.06. The van der Waals surface area contributed by atoms with Crippen LogP contribution in [-0.4, -0.2) is 4.98 Å². The minimum Gasteiger partial charge on any atom is -0.340 e. The molecule has 1 aromatic heterocycles. The van der Waals surface area contributed by atoms with Crippen LogP contribution in [0.1, 0.15) is 18.1 Å². The number of rotatable bonds is 3. The lowest BCUT2D eigenvalue weighted by atomic mass is 10.1. The maximum absolute atomic E-state index is 4.32. The summed E-state index contributed by atoms with van der Waals surface area (Å²) >= 11 is 0. The number of hydrogen-bond donors (Lipinski definition) is 1. The normalized spacial score (nSPS) is 10.1. The zero-order chi connectivity index (χ0) is 11.4. The quantitative estimate of drug-likeness (QED) is 0.839. The average molecular weight is 212 g/mol. The smallest absolute Gasteiger partial charge is 0.130 e. The van der Waals surface area contributed by atoms with Crippen LogP contribution in [0.25, 0.3) is 0 Å². The number of hydrogen-bond acceptors (Lipinski definition) is 2. The molecule has 0 aliphatic carbocycles. The van der Waals surface area contributed by atoms with E-state index >= 15 is 0 Å². The van der Waals surface area contributed by atoms with E-state index in [1.807, 2.05) is 19.2 Å². The van der Waals surface area contributed by atoms with Crippen molar-refractivity contribution in [3.63, 3.8) is 0 Å². The maximum Gasteiger partial charge on any atom is 0.130 e. The highest BCUT2D eigenvalue weighted by molar-refractivity contribution is 5.56. The first kappa shape index (κ1) is 10.7. The Balaban J connectivity index is 2.16. The molecule has 0 spiro atoms. The Bertz CT molecular complexity index is 460. The summed E-state index contributed by atoms with van der Waals surface area (Å²) < 4.78 is 0. The predicted molar refractivity (Wildman–Crippen MR) is 68.1 cm³/mol. The van der Waals surface area contributed by atoms with Crippen LogP contribution >= 0.6 is 0 Å². The molecule has 2 nitrogen and oxygen atoms in total. The number of aromatic nitrogens is 1. The molecular formula is C14H16N2. The highest BCUT2D eigenvalue weighted by Crippen LogP contribution is 2.16. The van der Waals surface area contributed by atoms with Gasteiger partial charge in [-0.25, -0.2) is 4.98 Å². The van der Waals surface area contributed by atoms with Crippen molar-refractivity contribution in [2.75, 3.05) is 5.32 Å². The molecule has 0 bridgehead atoms. The van der Waals surface area contributed by atoms with Crippen molar-refractivity contribution in [1.29, 1.82) is 0 Å². The van der Waals surface area contributed by atoms with E-state index in [1.165, 1.54) is 11.1 Å². The van der Waals surface area contributed by atoms with E-state index in [-0.39, 0.29) is 0 Å². The van der Waals surface area contributed by atoms with Gasteiger partial charge < -0.3 is 5.32 Å². The van der Waals surface area contributed by atoms with Gasteiger partial charge in [-0.1, -0.05) is 25.1 Å². The molecular weight excluding hydrogens is 196 g/mol. The Labute approximate surface area is 96.4 Å². The first-order chi connectivity index (χ1) is 7.78. The molecule has 0 unspecified atom stereocenters. The summed E-state index contributed by atoms with van der Waals surface area (Å²) in [6.45, 7) is 4.19. The van der Waals surface area contributed by atoms with Crippen molar-refractivity contribution in [2.24, 2.45) is 0 Å². The molecule has 0 aliphatic rings. The summed E-state index contributed by atoms with van der Waals surface area (Å²) in [6.07, 6.45) is 2.92. The lowest BCUT2D eigenvalue weighted by Crippen LogP contribution is -1.94. The Kier molecular flexibility index (Phi) is 3.20. The van der Waals surface area contributed by atoms with E-state index in [0.29, 0.717) is 0 Å². The number of nitrogens with one attached hydrogen (secondary N) is 1. The van der Waals surface area contributed by atoms with Crippen LogP contribution in [0, 0.1) is 6.92 Å². The molecule has 0 saturated carbocycles. The van der Waals surface area contributed by atoms with E-state index in [2.05, 4.69) is 47.6 Å². The Morgan fingerprint density at radius 1 is 1.19 bits per heavy atom. The van der Waals surface area contributed by atoms with Gasteiger partial charge in [0.05, 0.1) is 0 Å². The van der Waals surface area contributed by atoms with E-state index in [0.717, 1.165) is 17.9 Å². The third-order valence-electron chi connectivity index (χ3n) is 2.52. The number of anilines is 2. The second kappa shape index (κ2) is 4.79. The van der Waals surface area contributed by atoms with Crippen LogP contribution in [-0.2, 0) is 6.42 Å². The highest BCUT2D eigenvalue weighted by atomic mass is 15.0. The van der Waals surface area contributed by atoms with Crippen molar-refractivity contribution in [2.45, 2.75) is 20.3 Å². The monoisotopic (exact) mass is 212 g/mol. The van der Waals surface area contributed by atoms with Gasteiger partial charge in [-0.15, -0.1) is 0 Å². The van der Waals surface area contributed by atoms with Gasteiger partial charge in [0.1, 0.15) is 5.82 Å². The Morgan fingerprint density at radius 2 is 2.06 bits per heavy atom. The third-order valence-corrected chi connectivity index (χ3v) is 2.52. The van der Waals surface area contributed by atoms with Gasteiger partial charge in [0.15, 0.2) is 0 Å². The van der Waals surface area contributed by atoms with E-state index in [1.54, 1.807) is 0 Å². The second-order valence-corrected chi connectivity index (χ2v) is 3.90. The summed E-state index contributed by atoms with van der Waals surface area (Å²) in [4.78, 5) is 4.32. The number of pyridine rings is 1.